The molecule has 5 heteroatoms. The van der Waals surface area contributed by atoms with Gasteiger partial charge in [-0.2, -0.15) is 0 Å². The van der Waals surface area contributed by atoms with Crippen molar-refractivity contribution in [1.29, 1.82) is 0 Å². The first-order chi connectivity index (χ1) is 6.52. The van der Waals surface area contributed by atoms with Gasteiger partial charge in [-0.25, -0.2) is 0 Å². The molecular formula is C9H17N3O2. The van der Waals surface area contributed by atoms with Crippen LogP contribution in [0.2, 0.25) is 0 Å². The molecule has 1 rings (SSSR count). The van der Waals surface area contributed by atoms with Gasteiger partial charge in [-0.3, -0.25) is 9.59 Å². The fourth-order valence-electron chi connectivity index (χ4n) is 1.61. The molecule has 1 aliphatic heterocycles. The van der Waals surface area contributed by atoms with E-state index in [4.69, 9.17) is 5.73 Å². The zero-order valence-corrected chi connectivity index (χ0v) is 8.54. The van der Waals surface area contributed by atoms with E-state index >= 15 is 0 Å². The molecule has 0 aromatic heterocycles. The molecule has 0 radical (unpaired) electrons. The van der Waals surface area contributed by atoms with Gasteiger partial charge in [0.1, 0.15) is 6.04 Å². The van der Waals surface area contributed by atoms with Gasteiger partial charge in [-0.1, -0.05) is 0 Å². The molecule has 1 fully saturated rings. The summed E-state index contributed by atoms with van der Waals surface area (Å²) in [7, 11) is 0. The molecule has 80 valence electrons. The van der Waals surface area contributed by atoms with Crippen molar-refractivity contribution in [3.05, 3.63) is 0 Å². The van der Waals surface area contributed by atoms with Gasteiger partial charge in [0.15, 0.2) is 0 Å². The molecule has 1 aliphatic rings. The second kappa shape index (κ2) is 4.41. The van der Waals surface area contributed by atoms with Crippen LogP contribution in [0.4, 0.5) is 0 Å². The van der Waals surface area contributed by atoms with Crippen LogP contribution in [0.3, 0.4) is 0 Å². The van der Waals surface area contributed by atoms with E-state index in [0.29, 0.717) is 0 Å². The van der Waals surface area contributed by atoms with E-state index in [1.807, 2.05) is 6.92 Å². The number of primary amides is 1. The molecule has 0 aromatic rings. The van der Waals surface area contributed by atoms with E-state index < -0.39 is 11.9 Å². The molecule has 5 nitrogen and oxygen atoms in total. The number of carbonyl (C=O) groups is 2. The van der Waals surface area contributed by atoms with Crippen LogP contribution in [-0.2, 0) is 9.59 Å². The molecule has 0 aliphatic carbocycles. The number of carbonyl (C=O) groups excluding carboxylic acids is 2. The summed E-state index contributed by atoms with van der Waals surface area (Å²) in [6, 6.07) is -0.412. The Hall–Kier alpha value is -1.10. The van der Waals surface area contributed by atoms with Crippen molar-refractivity contribution in [2.75, 3.05) is 6.54 Å². The number of rotatable bonds is 3. The minimum absolute atomic E-state index is 0.0446. The molecule has 3 atom stereocenters. The minimum atomic E-state index is -0.588. The van der Waals surface area contributed by atoms with Crippen LogP contribution in [0.25, 0.3) is 0 Å². The predicted molar refractivity (Wildman–Crippen MR) is 52.4 cm³/mol. The van der Waals surface area contributed by atoms with Crippen LogP contribution in [0.15, 0.2) is 0 Å². The Labute approximate surface area is 83.4 Å². The lowest BCUT2D eigenvalue weighted by atomic mass is 10.0. The summed E-state index contributed by atoms with van der Waals surface area (Å²) < 4.78 is 0. The second-order valence-electron chi connectivity index (χ2n) is 3.77. The molecule has 0 saturated carbocycles. The lowest BCUT2D eigenvalue weighted by Crippen LogP contribution is -2.46. The van der Waals surface area contributed by atoms with Gasteiger partial charge in [0, 0.05) is 6.04 Å². The molecule has 1 saturated heterocycles. The second-order valence-corrected chi connectivity index (χ2v) is 3.77. The highest BCUT2D eigenvalue weighted by Crippen LogP contribution is 2.14. The zero-order valence-electron chi connectivity index (χ0n) is 8.54. The summed E-state index contributed by atoms with van der Waals surface area (Å²) in [5.74, 6) is -0.637. The fourth-order valence-corrected chi connectivity index (χ4v) is 1.61. The highest BCUT2D eigenvalue weighted by molar-refractivity contribution is 5.87. The molecule has 4 N–H and O–H groups in total. The van der Waals surface area contributed by atoms with E-state index in [1.54, 1.807) is 6.92 Å². The lowest BCUT2D eigenvalue weighted by molar-refractivity contribution is -0.129. The van der Waals surface area contributed by atoms with Gasteiger partial charge in [0.2, 0.25) is 11.8 Å². The monoisotopic (exact) mass is 199 g/mol. The van der Waals surface area contributed by atoms with E-state index in [1.165, 1.54) is 0 Å². The molecule has 2 amide bonds. The first kappa shape index (κ1) is 11.0. The van der Waals surface area contributed by atoms with Gasteiger partial charge >= 0.3 is 0 Å². The average Bonchev–Trinajstić information content (AvgIpc) is 2.51. The summed E-state index contributed by atoms with van der Waals surface area (Å²) in [6.45, 7) is 4.41. The number of hydrogen-bond donors (Lipinski definition) is 3. The highest BCUT2D eigenvalue weighted by Gasteiger charge is 2.30. The molecule has 1 heterocycles. The van der Waals surface area contributed by atoms with Crippen LogP contribution in [0.5, 0.6) is 0 Å². The van der Waals surface area contributed by atoms with Gasteiger partial charge in [-0.15, -0.1) is 0 Å². The number of amides is 2. The number of nitrogens with one attached hydrogen (secondary N) is 2. The van der Waals surface area contributed by atoms with E-state index in [2.05, 4.69) is 10.6 Å². The SMILES string of the molecule is CC1NCCC1C(=O)N[C@@H](C)C(N)=O. The third-order valence-corrected chi connectivity index (χ3v) is 2.65. The maximum absolute atomic E-state index is 11.6. The predicted octanol–water partition coefficient (Wildman–Crippen LogP) is -1.03. The summed E-state index contributed by atoms with van der Waals surface area (Å²) in [6.07, 6.45) is 0.818. The Morgan fingerprint density at radius 1 is 1.57 bits per heavy atom. The van der Waals surface area contributed by atoms with Crippen LogP contribution in [0.1, 0.15) is 20.3 Å². The third kappa shape index (κ3) is 2.45. The van der Waals surface area contributed by atoms with Crippen LogP contribution in [-0.4, -0.2) is 30.4 Å². The lowest BCUT2D eigenvalue weighted by Gasteiger charge is -2.17. The standard InChI is InChI=1S/C9H17N3O2/c1-5-7(3-4-11-5)9(14)12-6(2)8(10)13/h5-7,11H,3-4H2,1-2H3,(H2,10,13)(H,12,14)/t5?,6-,7?/m0/s1. The molecule has 0 spiro atoms. The maximum atomic E-state index is 11.6. The van der Waals surface area contributed by atoms with E-state index in [0.717, 1.165) is 13.0 Å². The van der Waals surface area contributed by atoms with Gasteiger partial charge in [-0.05, 0) is 26.8 Å². The van der Waals surface area contributed by atoms with Crippen LogP contribution < -0.4 is 16.4 Å². The smallest absolute Gasteiger partial charge is 0.239 e. The Morgan fingerprint density at radius 2 is 2.21 bits per heavy atom. The van der Waals surface area contributed by atoms with Crippen molar-refractivity contribution >= 4 is 11.8 Å². The molecule has 2 unspecified atom stereocenters. The molecule has 0 bridgehead atoms. The van der Waals surface area contributed by atoms with Crippen molar-refractivity contribution in [2.24, 2.45) is 11.7 Å². The number of hydrogen-bond acceptors (Lipinski definition) is 3. The van der Waals surface area contributed by atoms with Crippen molar-refractivity contribution in [2.45, 2.75) is 32.4 Å². The van der Waals surface area contributed by atoms with Crippen LogP contribution in [0, 0.1) is 5.92 Å². The fraction of sp³-hybridized carbons (Fsp3) is 0.778. The Morgan fingerprint density at radius 3 is 2.64 bits per heavy atom. The topological polar surface area (TPSA) is 84.2 Å². The summed E-state index contributed by atoms with van der Waals surface area (Å²) >= 11 is 0. The third-order valence-electron chi connectivity index (χ3n) is 2.65. The van der Waals surface area contributed by atoms with Gasteiger partial charge in [0.05, 0.1) is 5.92 Å². The highest BCUT2D eigenvalue weighted by atomic mass is 16.2. The first-order valence-corrected chi connectivity index (χ1v) is 4.85. The minimum Gasteiger partial charge on any atom is -0.368 e. The van der Waals surface area contributed by atoms with E-state index in [9.17, 15) is 9.59 Å². The Bertz CT molecular complexity index is 242. The summed E-state index contributed by atoms with van der Waals surface area (Å²) in [5, 5.41) is 5.77. The van der Waals surface area contributed by atoms with Gasteiger partial charge in [0.25, 0.3) is 0 Å². The number of nitrogens with two attached hydrogens (primary N) is 1. The zero-order chi connectivity index (χ0) is 10.7. The summed E-state index contributed by atoms with van der Waals surface area (Å²) in [4.78, 5) is 22.3. The van der Waals surface area contributed by atoms with Crippen molar-refractivity contribution in [3.8, 4) is 0 Å². The Balaban J connectivity index is 2.45. The van der Waals surface area contributed by atoms with Crippen molar-refractivity contribution < 1.29 is 9.59 Å². The summed E-state index contributed by atoms with van der Waals surface area (Å²) in [5.41, 5.74) is 5.05. The Kier molecular flexibility index (Phi) is 3.46. The average molecular weight is 199 g/mol. The largest absolute Gasteiger partial charge is 0.368 e. The van der Waals surface area contributed by atoms with Crippen molar-refractivity contribution in [3.63, 3.8) is 0 Å². The van der Waals surface area contributed by atoms with Crippen molar-refractivity contribution in [1.82, 2.24) is 10.6 Å². The van der Waals surface area contributed by atoms with Crippen LogP contribution >= 0.6 is 0 Å². The van der Waals surface area contributed by atoms with E-state index in [-0.39, 0.29) is 17.9 Å². The van der Waals surface area contributed by atoms with Gasteiger partial charge < -0.3 is 16.4 Å². The maximum Gasteiger partial charge on any atom is 0.239 e. The normalized spacial score (nSPS) is 28.4. The quantitative estimate of drug-likeness (QED) is 0.543. The molecular weight excluding hydrogens is 182 g/mol. The molecule has 14 heavy (non-hydrogen) atoms. The first-order valence-electron chi connectivity index (χ1n) is 4.85. The molecule has 0 aromatic carbocycles.